The maximum absolute atomic E-state index is 13.5. The number of hydrogen-bond donors (Lipinski definition) is 2. The molecule has 2 aromatic rings. The van der Waals surface area contributed by atoms with Gasteiger partial charge in [0.15, 0.2) is 11.6 Å². The molecule has 0 fully saturated rings. The summed E-state index contributed by atoms with van der Waals surface area (Å²) in [7, 11) is 0. The van der Waals surface area contributed by atoms with E-state index in [4.69, 9.17) is 28.9 Å². The average Bonchev–Trinajstić information content (AvgIpc) is 2.77. The zero-order valence-electron chi connectivity index (χ0n) is 9.12. The van der Waals surface area contributed by atoms with E-state index in [9.17, 15) is 8.78 Å². The molecule has 0 atom stereocenters. The number of hydrogen-bond acceptors (Lipinski definition) is 5. The quantitative estimate of drug-likeness (QED) is 0.514. The second-order valence-electron chi connectivity index (χ2n) is 3.33. The predicted molar refractivity (Wildman–Crippen MR) is 74.1 cm³/mol. The lowest BCUT2D eigenvalue weighted by atomic mass is 10.2. The number of anilines is 2. The van der Waals surface area contributed by atoms with Crippen molar-refractivity contribution in [2.24, 2.45) is 5.10 Å². The normalized spacial score (nSPS) is 11.2. The third-order valence-electron chi connectivity index (χ3n) is 2.02. The molecule has 9 heteroatoms. The second kappa shape index (κ2) is 5.68. The molecule has 0 saturated heterocycles. The van der Waals surface area contributed by atoms with Gasteiger partial charge in [0, 0.05) is 5.38 Å². The van der Waals surface area contributed by atoms with Gasteiger partial charge in [0.25, 0.3) is 0 Å². The van der Waals surface area contributed by atoms with Gasteiger partial charge in [0.05, 0.1) is 21.8 Å². The summed E-state index contributed by atoms with van der Waals surface area (Å²) in [6.07, 6.45) is 1.02. The Labute approximate surface area is 120 Å². The van der Waals surface area contributed by atoms with Crippen molar-refractivity contribution < 1.29 is 8.78 Å². The predicted octanol–water partition coefficient (Wildman–Crippen LogP) is 3.76. The zero-order valence-corrected chi connectivity index (χ0v) is 11.5. The SMILES string of the molecule is Nc1csc(NN=Cc2c(F)c(F)cc(Cl)c2Cl)n1. The van der Waals surface area contributed by atoms with Gasteiger partial charge in [-0.25, -0.2) is 13.8 Å². The Kier molecular flexibility index (Phi) is 4.18. The maximum Gasteiger partial charge on any atom is 0.205 e. The van der Waals surface area contributed by atoms with Crippen molar-refractivity contribution in [2.75, 3.05) is 11.2 Å². The van der Waals surface area contributed by atoms with Crippen molar-refractivity contribution in [3.05, 3.63) is 38.7 Å². The Balaban J connectivity index is 2.23. The van der Waals surface area contributed by atoms with Crippen LogP contribution < -0.4 is 11.2 Å². The highest BCUT2D eigenvalue weighted by Crippen LogP contribution is 2.28. The van der Waals surface area contributed by atoms with Gasteiger partial charge in [-0.15, -0.1) is 11.3 Å². The van der Waals surface area contributed by atoms with Crippen molar-refractivity contribution in [3.63, 3.8) is 0 Å². The number of thiazole rings is 1. The molecule has 19 heavy (non-hydrogen) atoms. The lowest BCUT2D eigenvalue weighted by Gasteiger charge is -2.03. The van der Waals surface area contributed by atoms with E-state index in [1.807, 2.05) is 0 Å². The molecule has 100 valence electrons. The molecular weight excluding hydrogens is 317 g/mol. The van der Waals surface area contributed by atoms with Crippen LogP contribution in [0.5, 0.6) is 0 Å². The van der Waals surface area contributed by atoms with Gasteiger partial charge in [-0.1, -0.05) is 23.2 Å². The van der Waals surface area contributed by atoms with Crippen LogP contribution >= 0.6 is 34.5 Å². The smallest absolute Gasteiger partial charge is 0.205 e. The van der Waals surface area contributed by atoms with Gasteiger partial charge >= 0.3 is 0 Å². The molecule has 3 N–H and O–H groups in total. The first-order chi connectivity index (χ1) is 8.99. The number of halogens is 4. The van der Waals surface area contributed by atoms with Crippen LogP contribution in [0.1, 0.15) is 5.56 Å². The molecule has 0 spiro atoms. The van der Waals surface area contributed by atoms with Gasteiger partial charge in [0.2, 0.25) is 5.13 Å². The van der Waals surface area contributed by atoms with E-state index in [-0.39, 0.29) is 15.6 Å². The molecule has 0 unspecified atom stereocenters. The fourth-order valence-electron chi connectivity index (χ4n) is 1.19. The van der Waals surface area contributed by atoms with Crippen LogP contribution in [0.2, 0.25) is 10.0 Å². The van der Waals surface area contributed by atoms with Crippen LogP contribution in [-0.4, -0.2) is 11.2 Å². The number of benzene rings is 1. The number of hydrazone groups is 1. The summed E-state index contributed by atoms with van der Waals surface area (Å²) < 4.78 is 26.6. The molecule has 0 saturated carbocycles. The summed E-state index contributed by atoms with van der Waals surface area (Å²) in [4.78, 5) is 3.87. The number of nitrogens with two attached hydrogens (primary N) is 1. The highest BCUT2D eigenvalue weighted by Gasteiger charge is 2.14. The van der Waals surface area contributed by atoms with Crippen molar-refractivity contribution in [1.29, 1.82) is 0 Å². The topological polar surface area (TPSA) is 63.3 Å². The van der Waals surface area contributed by atoms with Gasteiger partial charge in [-0.2, -0.15) is 5.10 Å². The Hall–Kier alpha value is -1.44. The van der Waals surface area contributed by atoms with Crippen molar-refractivity contribution in [3.8, 4) is 0 Å². The molecule has 0 bridgehead atoms. The summed E-state index contributed by atoms with van der Waals surface area (Å²) in [6.45, 7) is 0. The summed E-state index contributed by atoms with van der Waals surface area (Å²) in [5, 5.41) is 5.49. The van der Waals surface area contributed by atoms with E-state index >= 15 is 0 Å². The summed E-state index contributed by atoms with van der Waals surface area (Å²) in [5.74, 6) is -1.89. The minimum Gasteiger partial charge on any atom is -0.383 e. The monoisotopic (exact) mass is 322 g/mol. The average molecular weight is 323 g/mol. The molecular formula is C10H6Cl2F2N4S. The van der Waals surface area contributed by atoms with Crippen LogP contribution in [-0.2, 0) is 0 Å². The highest BCUT2D eigenvalue weighted by atomic mass is 35.5. The fourth-order valence-corrected chi connectivity index (χ4v) is 2.13. The van der Waals surface area contributed by atoms with Gasteiger partial charge < -0.3 is 5.73 Å². The minimum atomic E-state index is -1.13. The van der Waals surface area contributed by atoms with E-state index in [2.05, 4.69) is 15.5 Å². The van der Waals surface area contributed by atoms with Crippen LogP contribution in [0.4, 0.5) is 19.7 Å². The molecule has 0 amide bonds. The number of nitrogen functional groups attached to an aromatic ring is 1. The van der Waals surface area contributed by atoms with Gasteiger partial charge in [-0.3, -0.25) is 5.43 Å². The van der Waals surface area contributed by atoms with Gasteiger partial charge in [0.1, 0.15) is 5.82 Å². The summed E-state index contributed by atoms with van der Waals surface area (Å²) >= 11 is 12.6. The number of rotatable bonds is 3. The molecule has 1 aromatic carbocycles. The largest absolute Gasteiger partial charge is 0.383 e. The van der Waals surface area contributed by atoms with E-state index in [0.717, 1.165) is 12.3 Å². The van der Waals surface area contributed by atoms with Crippen LogP contribution in [0.25, 0.3) is 0 Å². The standard InChI is InChI=1S/C10H6Cl2F2N4S/c11-5-1-6(13)9(14)4(8(5)12)2-16-18-10-17-7(15)3-19-10/h1-3H,15H2,(H,17,18). The molecule has 1 heterocycles. The first kappa shape index (κ1) is 14.0. The number of nitrogens with one attached hydrogen (secondary N) is 1. The Morgan fingerprint density at radius 2 is 2.16 bits per heavy atom. The lowest BCUT2D eigenvalue weighted by Crippen LogP contribution is -1.98. The Morgan fingerprint density at radius 3 is 2.79 bits per heavy atom. The lowest BCUT2D eigenvalue weighted by molar-refractivity contribution is 0.507. The van der Waals surface area contributed by atoms with Crippen molar-refractivity contribution in [2.45, 2.75) is 0 Å². The van der Waals surface area contributed by atoms with E-state index in [1.165, 1.54) is 11.3 Å². The van der Waals surface area contributed by atoms with Gasteiger partial charge in [-0.05, 0) is 6.07 Å². The molecule has 0 radical (unpaired) electrons. The molecule has 0 aliphatic heterocycles. The molecule has 1 aromatic heterocycles. The summed E-state index contributed by atoms with van der Waals surface area (Å²) in [5.41, 5.74) is 7.68. The minimum absolute atomic E-state index is 0.0968. The number of aromatic nitrogens is 1. The second-order valence-corrected chi connectivity index (χ2v) is 4.97. The van der Waals surface area contributed by atoms with Crippen molar-refractivity contribution >= 4 is 51.7 Å². The molecule has 0 aliphatic rings. The van der Waals surface area contributed by atoms with E-state index in [0.29, 0.717) is 10.9 Å². The number of nitrogens with zero attached hydrogens (tertiary/aromatic N) is 2. The van der Waals surface area contributed by atoms with Crippen LogP contribution in [0, 0.1) is 11.6 Å². The first-order valence-electron chi connectivity index (χ1n) is 4.82. The van der Waals surface area contributed by atoms with Crippen LogP contribution in [0.3, 0.4) is 0 Å². The van der Waals surface area contributed by atoms with E-state index < -0.39 is 11.6 Å². The van der Waals surface area contributed by atoms with E-state index in [1.54, 1.807) is 5.38 Å². The Morgan fingerprint density at radius 1 is 1.42 bits per heavy atom. The van der Waals surface area contributed by atoms with Crippen LogP contribution in [0.15, 0.2) is 16.5 Å². The molecule has 0 aliphatic carbocycles. The third kappa shape index (κ3) is 3.12. The highest BCUT2D eigenvalue weighted by molar-refractivity contribution is 7.14. The Bertz CT molecular complexity index is 618. The first-order valence-corrected chi connectivity index (χ1v) is 6.45. The fraction of sp³-hybridized carbons (Fsp3) is 0. The summed E-state index contributed by atoms with van der Waals surface area (Å²) in [6, 6.07) is 0.797. The maximum atomic E-state index is 13.5. The molecule has 4 nitrogen and oxygen atoms in total. The third-order valence-corrected chi connectivity index (χ3v) is 3.59. The molecule has 2 rings (SSSR count). The van der Waals surface area contributed by atoms with Crippen molar-refractivity contribution in [1.82, 2.24) is 4.98 Å². The zero-order chi connectivity index (χ0) is 14.0.